The Labute approximate surface area is 195 Å². The minimum Gasteiger partial charge on any atom is -0.444 e. The van der Waals surface area contributed by atoms with Gasteiger partial charge in [-0.25, -0.2) is 4.79 Å². The number of para-hydroxylation sites is 1. The predicted octanol–water partition coefficient (Wildman–Crippen LogP) is 3.36. The topological polar surface area (TPSA) is 93.1 Å². The molecule has 3 heterocycles. The molecule has 1 saturated heterocycles. The maximum atomic E-state index is 12.7. The van der Waals surface area contributed by atoms with Crippen molar-refractivity contribution < 1.29 is 19.2 Å². The van der Waals surface area contributed by atoms with E-state index in [2.05, 4.69) is 54.0 Å². The van der Waals surface area contributed by atoms with E-state index in [-0.39, 0.29) is 22.5 Å². The molecule has 3 atom stereocenters. The number of alkyl halides is 1. The number of ether oxygens (including phenoxy) is 1. The van der Waals surface area contributed by atoms with E-state index in [0.717, 1.165) is 21.1 Å². The Morgan fingerprint density at radius 3 is 3.00 bits per heavy atom. The van der Waals surface area contributed by atoms with Crippen molar-refractivity contribution in [2.75, 3.05) is 13.1 Å². The first kappa shape index (κ1) is 21.3. The highest BCUT2D eigenvalue weighted by Crippen LogP contribution is 2.25. The van der Waals surface area contributed by atoms with Crippen molar-refractivity contribution >= 4 is 66.0 Å². The summed E-state index contributed by atoms with van der Waals surface area (Å²) in [5.41, 5.74) is 1.69. The molecular weight excluding hydrogens is 567 g/mol. The third-order valence-electron chi connectivity index (χ3n) is 5.00. The van der Waals surface area contributed by atoms with Crippen molar-refractivity contribution in [2.45, 2.75) is 35.5 Å². The molecule has 1 aromatic carbocycles. The zero-order chi connectivity index (χ0) is 21.1. The van der Waals surface area contributed by atoms with Gasteiger partial charge < -0.3 is 14.9 Å². The van der Waals surface area contributed by atoms with Crippen LogP contribution in [0.15, 0.2) is 41.7 Å². The van der Waals surface area contributed by atoms with E-state index in [1.54, 1.807) is 6.20 Å². The van der Waals surface area contributed by atoms with Crippen molar-refractivity contribution in [2.24, 2.45) is 5.16 Å². The van der Waals surface area contributed by atoms with Gasteiger partial charge in [0, 0.05) is 34.0 Å². The third-order valence-corrected chi connectivity index (χ3v) is 6.37. The van der Waals surface area contributed by atoms with E-state index in [1.165, 1.54) is 4.90 Å². The molecule has 0 saturated carbocycles. The van der Waals surface area contributed by atoms with E-state index in [4.69, 9.17) is 9.57 Å². The molecule has 1 N–H and O–H groups in total. The molecule has 0 unspecified atom stereocenters. The Morgan fingerprint density at radius 1 is 1.37 bits per heavy atom. The quantitative estimate of drug-likeness (QED) is 0.428. The van der Waals surface area contributed by atoms with Crippen LogP contribution in [0.5, 0.6) is 0 Å². The number of carbonyl (C=O) groups excluding carboxylic acids is 2. The first-order chi connectivity index (χ1) is 14.5. The number of oxime groups is 1. The zero-order valence-corrected chi connectivity index (χ0v) is 19.7. The van der Waals surface area contributed by atoms with Gasteiger partial charge in [-0.05, 0) is 34.5 Å². The number of rotatable bonds is 5. The molecule has 30 heavy (non-hydrogen) atoms. The summed E-state index contributed by atoms with van der Waals surface area (Å²) in [6.45, 7) is 0.919. The highest BCUT2D eigenvalue weighted by Gasteiger charge is 2.39. The average molecular weight is 587 g/mol. The van der Waals surface area contributed by atoms with E-state index in [0.29, 0.717) is 25.9 Å². The van der Waals surface area contributed by atoms with Crippen LogP contribution in [-0.4, -0.2) is 55.7 Å². The van der Waals surface area contributed by atoms with Crippen LogP contribution in [-0.2, 0) is 21.0 Å². The van der Waals surface area contributed by atoms with Crippen LogP contribution in [0.25, 0.3) is 10.9 Å². The van der Waals surface area contributed by atoms with Crippen LogP contribution < -0.4 is 5.32 Å². The number of aromatic nitrogens is 1. The van der Waals surface area contributed by atoms with Crippen LogP contribution in [0.4, 0.5) is 4.79 Å². The van der Waals surface area contributed by atoms with Gasteiger partial charge in [0.1, 0.15) is 17.3 Å². The third kappa shape index (κ3) is 5.02. The van der Waals surface area contributed by atoms with E-state index >= 15 is 0 Å². The highest BCUT2D eigenvalue weighted by molar-refractivity contribution is 14.1. The van der Waals surface area contributed by atoms with E-state index in [9.17, 15) is 9.59 Å². The van der Waals surface area contributed by atoms with E-state index in [1.807, 2.05) is 30.3 Å². The Hall–Kier alpha value is -1.95. The lowest BCUT2D eigenvalue weighted by Gasteiger charge is -2.23. The minimum absolute atomic E-state index is 0.106. The van der Waals surface area contributed by atoms with Gasteiger partial charge in [0.15, 0.2) is 6.10 Å². The fourth-order valence-corrected chi connectivity index (χ4v) is 4.85. The average Bonchev–Trinajstić information content (AvgIpc) is 3.35. The summed E-state index contributed by atoms with van der Waals surface area (Å²) in [6, 6.07) is 9.16. The van der Waals surface area contributed by atoms with Crippen LogP contribution in [0, 0.1) is 0 Å². The zero-order valence-electron chi connectivity index (χ0n) is 16.0. The number of amides is 2. The number of likely N-dealkylation sites (tertiary alicyclic amines) is 1. The number of fused-ring (bicyclic) bond motifs is 1. The van der Waals surface area contributed by atoms with Gasteiger partial charge in [0.2, 0.25) is 5.91 Å². The van der Waals surface area contributed by atoms with Crippen molar-refractivity contribution in [3.8, 4) is 0 Å². The molecule has 0 bridgehead atoms. The molecule has 1 aromatic heterocycles. The van der Waals surface area contributed by atoms with Gasteiger partial charge >= 0.3 is 6.09 Å². The maximum Gasteiger partial charge on any atom is 0.410 e. The lowest BCUT2D eigenvalue weighted by atomic mass is 10.2. The minimum atomic E-state index is -0.556. The molecule has 158 valence electrons. The second-order valence-corrected chi connectivity index (χ2v) is 9.91. The second kappa shape index (κ2) is 9.46. The molecule has 10 heteroatoms. The van der Waals surface area contributed by atoms with Crippen LogP contribution in [0.2, 0.25) is 0 Å². The summed E-state index contributed by atoms with van der Waals surface area (Å²) in [5, 5.41) is 7.66. The second-order valence-electron chi connectivity index (χ2n) is 7.24. The molecule has 2 aliphatic heterocycles. The predicted molar refractivity (Wildman–Crippen MR) is 124 cm³/mol. The number of carbonyl (C=O) groups is 2. The van der Waals surface area contributed by atoms with Gasteiger partial charge in [0.05, 0.1) is 12.1 Å². The fourth-order valence-electron chi connectivity index (χ4n) is 3.49. The molecule has 1 fully saturated rings. The van der Waals surface area contributed by atoms with Crippen molar-refractivity contribution in [3.63, 3.8) is 0 Å². The van der Waals surface area contributed by atoms with Crippen LogP contribution in [0.1, 0.15) is 18.4 Å². The van der Waals surface area contributed by atoms with Gasteiger partial charge in [-0.2, -0.15) is 0 Å². The highest BCUT2D eigenvalue weighted by atomic mass is 127. The molecule has 8 nitrogen and oxygen atoms in total. The van der Waals surface area contributed by atoms with Crippen molar-refractivity contribution in [1.29, 1.82) is 0 Å². The molecule has 0 aliphatic carbocycles. The fraction of sp³-hybridized carbons (Fsp3) is 0.400. The lowest BCUT2D eigenvalue weighted by molar-refractivity contribution is -0.125. The number of nitrogens with zero attached hydrogens (tertiary/aromatic N) is 3. The molecule has 0 spiro atoms. The monoisotopic (exact) mass is 586 g/mol. The summed E-state index contributed by atoms with van der Waals surface area (Å²) in [6.07, 6.45) is 2.22. The van der Waals surface area contributed by atoms with E-state index < -0.39 is 12.1 Å². The molecule has 2 amide bonds. The number of pyridine rings is 1. The lowest BCUT2D eigenvalue weighted by Crippen LogP contribution is -2.47. The Balaban J connectivity index is 1.33. The largest absolute Gasteiger partial charge is 0.444 e. The summed E-state index contributed by atoms with van der Waals surface area (Å²) < 4.78 is 6.41. The summed E-state index contributed by atoms with van der Waals surface area (Å²) in [4.78, 5) is 36.5. The van der Waals surface area contributed by atoms with Gasteiger partial charge in [-0.15, -0.1) is 0 Å². The molecule has 2 aliphatic rings. The number of hydrogen-bond donors (Lipinski definition) is 1. The first-order valence-corrected chi connectivity index (χ1v) is 11.6. The molecule has 2 aromatic rings. The van der Waals surface area contributed by atoms with Crippen molar-refractivity contribution in [1.82, 2.24) is 15.2 Å². The number of halogens is 2. The summed E-state index contributed by atoms with van der Waals surface area (Å²) in [5.74, 6) is -0.204. The SMILES string of the molecule is O=C(NC[C@@H]1CC(Br)=NO1)[C@@H]1C[C@@H](I)CN1C(=O)OCc1cnc2ccccc2c1. The molecular formula is C20H20BrIN4O4. The van der Waals surface area contributed by atoms with Gasteiger partial charge in [0.25, 0.3) is 0 Å². The molecule has 4 rings (SSSR count). The smallest absolute Gasteiger partial charge is 0.410 e. The van der Waals surface area contributed by atoms with Crippen LogP contribution >= 0.6 is 38.5 Å². The Morgan fingerprint density at radius 2 is 2.20 bits per heavy atom. The number of nitrogens with one attached hydrogen (secondary N) is 1. The first-order valence-electron chi connectivity index (χ1n) is 9.56. The normalized spacial score (nSPS) is 23.2. The van der Waals surface area contributed by atoms with Gasteiger partial charge in [-0.3, -0.25) is 14.7 Å². The summed E-state index contributed by atoms with van der Waals surface area (Å²) in [7, 11) is 0. The van der Waals surface area contributed by atoms with Gasteiger partial charge in [-0.1, -0.05) is 45.9 Å². The molecule has 0 radical (unpaired) electrons. The van der Waals surface area contributed by atoms with Crippen molar-refractivity contribution in [3.05, 3.63) is 42.1 Å². The number of hydrogen-bond acceptors (Lipinski definition) is 6. The summed E-state index contributed by atoms with van der Waals surface area (Å²) >= 11 is 5.53. The standard InChI is InChI=1S/C20H20BrIN4O4/c21-18-7-15(30-25-18)9-24-19(27)17-6-14(22)10-26(17)20(28)29-11-12-5-13-3-1-2-4-16(13)23-8-12/h1-5,8,14-15,17H,6-7,9-11H2,(H,24,27)/t14-,15+,17+/m1/s1. The maximum absolute atomic E-state index is 12.7. The number of benzene rings is 1. The van der Waals surface area contributed by atoms with Crippen LogP contribution in [0.3, 0.4) is 0 Å². The Bertz CT molecular complexity index is 988. The Kier molecular flexibility index (Phi) is 6.71.